The maximum absolute atomic E-state index is 15.3. The fourth-order valence-electron chi connectivity index (χ4n) is 6.19. The quantitative estimate of drug-likeness (QED) is 0.324. The van der Waals surface area contributed by atoms with Crippen molar-refractivity contribution in [1.29, 1.82) is 0 Å². The van der Waals surface area contributed by atoms with Crippen molar-refractivity contribution in [2.75, 3.05) is 25.2 Å². The average Bonchev–Trinajstić information content (AvgIpc) is 3.56. The van der Waals surface area contributed by atoms with Crippen LogP contribution in [0.3, 0.4) is 0 Å². The molecule has 7 nitrogen and oxygen atoms in total. The molecule has 1 saturated heterocycles. The van der Waals surface area contributed by atoms with Crippen LogP contribution in [0.2, 0.25) is 0 Å². The first-order valence-corrected chi connectivity index (χ1v) is 15.8. The van der Waals surface area contributed by atoms with Crippen LogP contribution in [0.15, 0.2) is 48.5 Å². The van der Waals surface area contributed by atoms with E-state index < -0.39 is 15.9 Å². The Morgan fingerprint density at radius 1 is 1.02 bits per heavy atom. The molecule has 1 fully saturated rings. The van der Waals surface area contributed by atoms with Crippen molar-refractivity contribution in [2.24, 2.45) is 0 Å². The molecule has 2 atom stereocenters. The lowest BCUT2D eigenvalue weighted by molar-refractivity contribution is -0.141. The number of carbonyl (C=O) groups excluding carboxylic acids is 1. The second kappa shape index (κ2) is 11.0. The number of rotatable bonds is 7. The van der Waals surface area contributed by atoms with E-state index in [1.165, 1.54) is 13.2 Å². The highest BCUT2D eigenvalue weighted by atomic mass is 32.2. The van der Waals surface area contributed by atoms with E-state index in [2.05, 4.69) is 0 Å². The Labute approximate surface area is 239 Å². The summed E-state index contributed by atoms with van der Waals surface area (Å²) in [6.07, 6.45) is 1.93. The van der Waals surface area contributed by atoms with E-state index >= 15 is 4.39 Å². The fourth-order valence-corrected chi connectivity index (χ4v) is 7.64. The van der Waals surface area contributed by atoms with Gasteiger partial charge < -0.3 is 18.9 Å². The summed E-state index contributed by atoms with van der Waals surface area (Å²) < 4.78 is 62.1. The van der Waals surface area contributed by atoms with Gasteiger partial charge in [-0.2, -0.15) is 0 Å². The second-order valence-corrected chi connectivity index (χ2v) is 13.3. The molecule has 0 aromatic heterocycles. The Morgan fingerprint density at radius 2 is 1.83 bits per heavy atom. The number of sulfone groups is 1. The first-order valence-electron chi connectivity index (χ1n) is 14.0. The molecule has 1 aliphatic carbocycles. The zero-order valence-electron chi connectivity index (χ0n) is 23.2. The maximum atomic E-state index is 15.3. The Hall–Kier alpha value is -3.59. The number of carbonyl (C=O) groups is 1. The maximum Gasteiger partial charge on any atom is 0.306 e. The van der Waals surface area contributed by atoms with E-state index in [1.807, 2.05) is 49.4 Å². The SMILES string of the molecule is COC(=O)C[C@@H]1COc2cc(O[C@@H]3CCc4c(-c5cccc(OC6CCS(=O)(=O)CC6)c5C)ccc(F)c43)ccc21. The number of halogens is 1. The number of hydrogen-bond donors (Lipinski definition) is 0. The molecule has 2 aliphatic heterocycles. The molecule has 6 rings (SSSR count). The van der Waals surface area contributed by atoms with Gasteiger partial charge in [0.1, 0.15) is 35.3 Å². The van der Waals surface area contributed by atoms with E-state index in [4.69, 9.17) is 18.9 Å². The summed E-state index contributed by atoms with van der Waals surface area (Å²) >= 11 is 0. The van der Waals surface area contributed by atoms with Gasteiger partial charge in [-0.05, 0) is 73.1 Å². The van der Waals surface area contributed by atoms with Crippen molar-refractivity contribution in [2.45, 2.75) is 57.2 Å². The minimum atomic E-state index is -2.97. The van der Waals surface area contributed by atoms with Crippen LogP contribution in [0.4, 0.5) is 4.39 Å². The van der Waals surface area contributed by atoms with Gasteiger partial charge in [0.05, 0.1) is 31.6 Å². The minimum absolute atomic E-state index is 0.0622. The molecule has 3 aliphatic rings. The summed E-state index contributed by atoms with van der Waals surface area (Å²) in [5.74, 6) is 1.64. The van der Waals surface area contributed by atoms with E-state index in [0.717, 1.165) is 33.6 Å². The van der Waals surface area contributed by atoms with E-state index in [0.29, 0.717) is 49.4 Å². The summed E-state index contributed by atoms with van der Waals surface area (Å²) in [6, 6.07) is 14.7. The Kier molecular flexibility index (Phi) is 7.40. The van der Waals surface area contributed by atoms with Gasteiger partial charge in [-0.25, -0.2) is 12.8 Å². The highest BCUT2D eigenvalue weighted by molar-refractivity contribution is 7.91. The van der Waals surface area contributed by atoms with Gasteiger partial charge in [-0.3, -0.25) is 4.79 Å². The number of esters is 1. The smallest absolute Gasteiger partial charge is 0.306 e. The molecule has 0 unspecified atom stereocenters. The number of benzene rings is 3. The van der Waals surface area contributed by atoms with Gasteiger partial charge >= 0.3 is 5.97 Å². The van der Waals surface area contributed by atoms with Crippen molar-refractivity contribution in [1.82, 2.24) is 0 Å². The summed E-state index contributed by atoms with van der Waals surface area (Å²) in [4.78, 5) is 11.7. The highest BCUT2D eigenvalue weighted by Crippen LogP contribution is 2.45. The lowest BCUT2D eigenvalue weighted by Gasteiger charge is -2.25. The van der Waals surface area contributed by atoms with Crippen LogP contribution >= 0.6 is 0 Å². The average molecular weight is 581 g/mol. The van der Waals surface area contributed by atoms with Crippen LogP contribution in [0.25, 0.3) is 11.1 Å². The third-order valence-corrected chi connectivity index (χ3v) is 10.2. The largest absolute Gasteiger partial charge is 0.492 e. The highest BCUT2D eigenvalue weighted by Gasteiger charge is 2.32. The molecule has 0 amide bonds. The van der Waals surface area contributed by atoms with Crippen molar-refractivity contribution in [3.8, 4) is 28.4 Å². The first kappa shape index (κ1) is 27.6. The summed E-state index contributed by atoms with van der Waals surface area (Å²) in [5, 5.41) is 0. The van der Waals surface area contributed by atoms with Gasteiger partial charge in [-0.1, -0.05) is 24.3 Å². The topological polar surface area (TPSA) is 88.1 Å². The molecule has 0 bridgehead atoms. The summed E-state index contributed by atoms with van der Waals surface area (Å²) in [7, 11) is -1.60. The molecule has 0 spiro atoms. The molecule has 41 heavy (non-hydrogen) atoms. The molecule has 0 saturated carbocycles. The standard InChI is InChI=1S/C32H33FO7S/c1-19-23(4-3-5-28(19)39-21-12-14-41(35,36)15-13-21)25-8-10-27(33)32-26(25)9-11-29(32)40-22-6-7-24-20(16-31(34)37-2)18-38-30(24)17-22/h3-8,10,17,20-21,29H,9,11-16,18H2,1-2H3/t20-,29-/m1/s1. The Bertz CT molecular complexity index is 1590. The predicted octanol–water partition coefficient (Wildman–Crippen LogP) is 5.86. The van der Waals surface area contributed by atoms with Crippen LogP contribution in [0, 0.1) is 12.7 Å². The summed E-state index contributed by atoms with van der Waals surface area (Å²) in [5.41, 5.74) is 5.28. The van der Waals surface area contributed by atoms with Gasteiger partial charge in [-0.15, -0.1) is 0 Å². The van der Waals surface area contributed by atoms with Gasteiger partial charge in [0, 0.05) is 23.1 Å². The van der Waals surface area contributed by atoms with Gasteiger partial charge in [0.15, 0.2) is 9.84 Å². The number of fused-ring (bicyclic) bond motifs is 2. The van der Waals surface area contributed by atoms with Crippen LogP contribution in [0.5, 0.6) is 17.2 Å². The predicted molar refractivity (Wildman–Crippen MR) is 152 cm³/mol. The molecule has 2 heterocycles. The number of hydrogen-bond acceptors (Lipinski definition) is 7. The molecule has 3 aromatic rings. The van der Waals surface area contributed by atoms with Crippen molar-refractivity contribution >= 4 is 15.8 Å². The first-order chi connectivity index (χ1) is 19.7. The second-order valence-electron chi connectivity index (χ2n) is 11.0. The lowest BCUT2D eigenvalue weighted by Crippen LogP contribution is -2.30. The normalized spacial score (nSPS) is 21.0. The lowest BCUT2D eigenvalue weighted by atomic mass is 9.93. The number of methoxy groups -OCH3 is 1. The Morgan fingerprint density at radius 3 is 2.61 bits per heavy atom. The van der Waals surface area contributed by atoms with Crippen molar-refractivity contribution < 1.29 is 36.6 Å². The molecule has 9 heteroatoms. The molecule has 3 aromatic carbocycles. The molecular weight excluding hydrogens is 547 g/mol. The molecule has 0 radical (unpaired) electrons. The third-order valence-electron chi connectivity index (χ3n) is 8.44. The third kappa shape index (κ3) is 5.52. The molecule has 0 N–H and O–H groups in total. The van der Waals surface area contributed by atoms with Gasteiger partial charge in [0.2, 0.25) is 0 Å². The van der Waals surface area contributed by atoms with Crippen molar-refractivity contribution in [3.05, 3.63) is 76.6 Å². The summed E-state index contributed by atoms with van der Waals surface area (Å²) in [6.45, 7) is 2.39. The molecule has 216 valence electrons. The van der Waals surface area contributed by atoms with Crippen LogP contribution in [-0.2, 0) is 25.8 Å². The van der Waals surface area contributed by atoms with Crippen molar-refractivity contribution in [3.63, 3.8) is 0 Å². The number of ether oxygens (including phenoxy) is 4. The Balaban J connectivity index is 1.23. The van der Waals surface area contributed by atoms with Crippen LogP contribution in [0.1, 0.15) is 60.0 Å². The zero-order valence-corrected chi connectivity index (χ0v) is 24.0. The van der Waals surface area contributed by atoms with E-state index in [1.54, 1.807) is 0 Å². The van der Waals surface area contributed by atoms with E-state index in [9.17, 15) is 13.2 Å². The molecular formula is C32H33FO7S. The van der Waals surface area contributed by atoms with Gasteiger partial charge in [0.25, 0.3) is 0 Å². The van der Waals surface area contributed by atoms with Crippen LogP contribution in [-0.4, -0.2) is 45.7 Å². The van der Waals surface area contributed by atoms with Crippen LogP contribution < -0.4 is 14.2 Å². The monoisotopic (exact) mass is 580 g/mol. The zero-order chi connectivity index (χ0) is 28.7. The minimum Gasteiger partial charge on any atom is -0.492 e. The fraction of sp³-hybridized carbons (Fsp3) is 0.406. The van der Waals surface area contributed by atoms with E-state index in [-0.39, 0.29) is 41.7 Å².